The van der Waals surface area contributed by atoms with E-state index >= 15 is 0 Å². The van der Waals surface area contributed by atoms with Crippen LogP contribution in [0.3, 0.4) is 0 Å². The lowest BCUT2D eigenvalue weighted by molar-refractivity contribution is -0.134. The summed E-state index contributed by atoms with van der Waals surface area (Å²) >= 11 is 0. The van der Waals surface area contributed by atoms with Gasteiger partial charge < -0.3 is 15.0 Å². The summed E-state index contributed by atoms with van der Waals surface area (Å²) in [5.74, 6) is -0.973. The highest BCUT2D eigenvalue weighted by Crippen LogP contribution is 2.32. The van der Waals surface area contributed by atoms with Crippen LogP contribution in [0.25, 0.3) is 5.65 Å². The number of fused-ring (bicyclic) bond motifs is 1. The highest BCUT2D eigenvalue weighted by Gasteiger charge is 2.32. The molecule has 9 heteroatoms. The molecule has 0 aliphatic carbocycles. The highest BCUT2D eigenvalue weighted by molar-refractivity contribution is 5.99. The van der Waals surface area contributed by atoms with Crippen molar-refractivity contribution in [1.29, 1.82) is 0 Å². The highest BCUT2D eigenvalue weighted by atomic mass is 19.1. The predicted octanol–water partition coefficient (Wildman–Crippen LogP) is 1.97. The monoisotopic (exact) mass is 397 g/mol. The molecule has 0 saturated carbocycles. The summed E-state index contributed by atoms with van der Waals surface area (Å²) in [6, 6.07) is 7.55. The van der Waals surface area contributed by atoms with Gasteiger partial charge in [-0.15, -0.1) is 0 Å². The van der Waals surface area contributed by atoms with Gasteiger partial charge in [-0.2, -0.15) is 5.10 Å². The maximum Gasteiger partial charge on any atom is 0.261 e. The molecule has 1 unspecified atom stereocenters. The van der Waals surface area contributed by atoms with Crippen molar-refractivity contribution in [1.82, 2.24) is 24.8 Å². The van der Waals surface area contributed by atoms with E-state index in [2.05, 4.69) is 15.4 Å². The van der Waals surface area contributed by atoms with Crippen LogP contribution in [0.5, 0.6) is 5.75 Å². The van der Waals surface area contributed by atoms with Crippen molar-refractivity contribution in [3.8, 4) is 5.75 Å². The summed E-state index contributed by atoms with van der Waals surface area (Å²) in [5.41, 5.74) is 1.57. The minimum absolute atomic E-state index is 0.0465. The fraction of sp³-hybridized carbons (Fsp3) is 0.300. The van der Waals surface area contributed by atoms with Gasteiger partial charge in [0.2, 0.25) is 0 Å². The first-order chi connectivity index (χ1) is 14.1. The maximum atomic E-state index is 13.7. The van der Waals surface area contributed by atoms with Gasteiger partial charge in [-0.25, -0.2) is 13.9 Å². The lowest BCUT2D eigenvalue weighted by Crippen LogP contribution is -2.35. The first-order valence-electron chi connectivity index (χ1n) is 9.31. The van der Waals surface area contributed by atoms with Crippen molar-refractivity contribution in [2.45, 2.75) is 18.9 Å². The lowest BCUT2D eigenvalue weighted by atomic mass is 10.1. The summed E-state index contributed by atoms with van der Waals surface area (Å²) in [5, 5.41) is 6.87. The first kappa shape index (κ1) is 18.9. The average molecular weight is 397 g/mol. The van der Waals surface area contributed by atoms with Gasteiger partial charge in [0.1, 0.15) is 5.56 Å². The topological polar surface area (TPSA) is 88.8 Å². The van der Waals surface area contributed by atoms with Gasteiger partial charge in [0, 0.05) is 19.8 Å². The minimum Gasteiger partial charge on any atom is -0.481 e. The molecule has 0 spiro atoms. The second-order valence-electron chi connectivity index (χ2n) is 6.71. The molecule has 8 nitrogen and oxygen atoms in total. The maximum absolute atomic E-state index is 13.7. The number of rotatable bonds is 5. The molecule has 1 aromatic carbocycles. The van der Waals surface area contributed by atoms with Crippen molar-refractivity contribution >= 4 is 17.5 Å². The molecular formula is C20H20FN5O3. The largest absolute Gasteiger partial charge is 0.481 e. The SMILES string of the molecule is CNC(=O)c1cnn2c(C3CCCN3C(=O)COc3ccccc3F)ccnc12. The molecule has 0 radical (unpaired) electrons. The number of amides is 2. The predicted molar refractivity (Wildman–Crippen MR) is 102 cm³/mol. The van der Waals surface area contributed by atoms with E-state index < -0.39 is 5.82 Å². The number of halogens is 1. The van der Waals surface area contributed by atoms with Gasteiger partial charge in [0.25, 0.3) is 11.8 Å². The third kappa shape index (κ3) is 3.51. The fourth-order valence-corrected chi connectivity index (χ4v) is 3.61. The Hall–Kier alpha value is -3.49. The smallest absolute Gasteiger partial charge is 0.261 e. The molecule has 29 heavy (non-hydrogen) atoms. The van der Waals surface area contributed by atoms with Crippen LogP contribution in [-0.4, -0.2) is 51.5 Å². The minimum atomic E-state index is -0.507. The molecule has 1 fully saturated rings. The molecule has 150 valence electrons. The number of likely N-dealkylation sites (tertiary alicyclic amines) is 1. The van der Waals surface area contributed by atoms with Crippen molar-refractivity contribution in [3.63, 3.8) is 0 Å². The van der Waals surface area contributed by atoms with E-state index in [-0.39, 0.29) is 30.2 Å². The quantitative estimate of drug-likeness (QED) is 0.711. The van der Waals surface area contributed by atoms with Gasteiger partial charge in [0.15, 0.2) is 23.8 Å². The third-order valence-corrected chi connectivity index (χ3v) is 5.00. The molecule has 1 N–H and O–H groups in total. The van der Waals surface area contributed by atoms with E-state index in [9.17, 15) is 14.0 Å². The van der Waals surface area contributed by atoms with Crippen LogP contribution in [0.1, 0.15) is 34.9 Å². The summed E-state index contributed by atoms with van der Waals surface area (Å²) in [6.07, 6.45) is 4.64. The van der Waals surface area contributed by atoms with Crippen LogP contribution in [-0.2, 0) is 4.79 Å². The molecule has 1 aliphatic heterocycles. The molecule has 1 aliphatic rings. The Morgan fingerprint density at radius 3 is 2.93 bits per heavy atom. The van der Waals surface area contributed by atoms with Crippen LogP contribution in [0.4, 0.5) is 4.39 Å². The number of nitrogens with zero attached hydrogens (tertiary/aromatic N) is 4. The van der Waals surface area contributed by atoms with Crippen LogP contribution < -0.4 is 10.1 Å². The van der Waals surface area contributed by atoms with Gasteiger partial charge in [-0.1, -0.05) is 12.1 Å². The van der Waals surface area contributed by atoms with Gasteiger partial charge >= 0.3 is 0 Å². The number of carbonyl (C=O) groups excluding carboxylic acids is 2. The number of nitrogens with one attached hydrogen (secondary N) is 1. The van der Waals surface area contributed by atoms with E-state index in [4.69, 9.17) is 4.74 Å². The third-order valence-electron chi connectivity index (χ3n) is 5.00. The van der Waals surface area contributed by atoms with Crippen LogP contribution in [0, 0.1) is 5.82 Å². The Morgan fingerprint density at radius 2 is 2.14 bits per heavy atom. The molecule has 4 rings (SSSR count). The summed E-state index contributed by atoms with van der Waals surface area (Å²) in [6.45, 7) is 0.311. The van der Waals surface area contributed by atoms with Crippen molar-refractivity contribution in [3.05, 3.63) is 59.8 Å². The molecule has 0 bridgehead atoms. The van der Waals surface area contributed by atoms with E-state index in [1.807, 2.05) is 0 Å². The Kier molecular flexibility index (Phi) is 5.11. The zero-order valence-electron chi connectivity index (χ0n) is 15.8. The number of benzene rings is 1. The first-order valence-corrected chi connectivity index (χ1v) is 9.31. The van der Waals surface area contributed by atoms with Crippen molar-refractivity contribution in [2.75, 3.05) is 20.2 Å². The fourth-order valence-electron chi connectivity index (χ4n) is 3.61. The zero-order valence-corrected chi connectivity index (χ0v) is 15.8. The van der Waals surface area contributed by atoms with E-state index in [1.165, 1.54) is 18.3 Å². The molecular weight excluding hydrogens is 377 g/mol. The second-order valence-corrected chi connectivity index (χ2v) is 6.71. The Balaban J connectivity index is 1.57. The van der Waals surface area contributed by atoms with Crippen LogP contribution >= 0.6 is 0 Å². The zero-order chi connectivity index (χ0) is 20.4. The number of carbonyl (C=O) groups is 2. The van der Waals surface area contributed by atoms with Crippen molar-refractivity contribution < 1.29 is 18.7 Å². The van der Waals surface area contributed by atoms with E-state index in [1.54, 1.807) is 40.9 Å². The van der Waals surface area contributed by atoms with Crippen LogP contribution in [0.2, 0.25) is 0 Å². The van der Waals surface area contributed by atoms with Gasteiger partial charge in [0.05, 0.1) is 17.9 Å². The van der Waals surface area contributed by atoms with Gasteiger partial charge in [-0.05, 0) is 31.0 Å². The molecule has 3 heterocycles. The van der Waals surface area contributed by atoms with Crippen LogP contribution in [0.15, 0.2) is 42.7 Å². The second kappa shape index (κ2) is 7.86. The molecule has 3 aromatic rings. The Bertz CT molecular complexity index is 1070. The number of para-hydroxylation sites is 1. The Morgan fingerprint density at radius 1 is 1.31 bits per heavy atom. The van der Waals surface area contributed by atoms with E-state index in [0.717, 1.165) is 18.5 Å². The lowest BCUT2D eigenvalue weighted by Gasteiger charge is -2.25. The van der Waals surface area contributed by atoms with Gasteiger partial charge in [-0.3, -0.25) is 9.59 Å². The summed E-state index contributed by atoms with van der Waals surface area (Å²) < 4.78 is 20.7. The molecule has 1 atom stereocenters. The molecule has 2 amide bonds. The number of hydrogen-bond donors (Lipinski definition) is 1. The standard InChI is InChI=1S/C20H20FN5O3/c1-22-20(28)13-11-24-26-16(8-9-23-19(13)26)15-6-4-10-25(15)18(27)12-29-17-7-3-2-5-14(17)21/h2-3,5,7-9,11,15H,4,6,10,12H2,1H3,(H,22,28). The molecule has 2 aromatic heterocycles. The Labute approximate surface area is 166 Å². The van der Waals surface area contributed by atoms with Crippen molar-refractivity contribution in [2.24, 2.45) is 0 Å². The summed E-state index contributed by atoms with van der Waals surface area (Å²) in [4.78, 5) is 30.8. The summed E-state index contributed by atoms with van der Waals surface area (Å²) in [7, 11) is 1.54. The normalized spacial score (nSPS) is 16.2. The van der Waals surface area contributed by atoms with E-state index in [0.29, 0.717) is 17.8 Å². The average Bonchev–Trinajstić information content (AvgIpc) is 3.39. The number of ether oxygens (including phenoxy) is 1. The molecule has 1 saturated heterocycles. The number of hydrogen-bond acceptors (Lipinski definition) is 5. The number of aromatic nitrogens is 3.